The SMILES string of the molecule is O=C(CCNS(=O)(=O)c1ccc2c(c1)OCCO2)Nc1cccc(S(=O)(=O)N2CCCCC2)c1. The van der Waals surface area contributed by atoms with Crippen molar-refractivity contribution in [1.29, 1.82) is 0 Å². The van der Waals surface area contributed by atoms with E-state index in [0.29, 0.717) is 43.5 Å². The topological polar surface area (TPSA) is 131 Å². The summed E-state index contributed by atoms with van der Waals surface area (Å²) in [5.74, 6) is 0.387. The highest BCUT2D eigenvalue weighted by atomic mass is 32.2. The van der Waals surface area contributed by atoms with Gasteiger partial charge in [-0.25, -0.2) is 21.6 Å². The summed E-state index contributed by atoms with van der Waals surface area (Å²) in [5, 5.41) is 2.63. The van der Waals surface area contributed by atoms with Gasteiger partial charge in [-0.05, 0) is 43.2 Å². The lowest BCUT2D eigenvalue weighted by atomic mass is 10.2. The summed E-state index contributed by atoms with van der Waals surface area (Å²) in [6.07, 6.45) is 2.54. The van der Waals surface area contributed by atoms with E-state index in [4.69, 9.17) is 9.47 Å². The van der Waals surface area contributed by atoms with E-state index in [-0.39, 0.29) is 22.8 Å². The number of hydrogen-bond donors (Lipinski definition) is 2. The summed E-state index contributed by atoms with van der Waals surface area (Å²) in [4.78, 5) is 12.5. The Labute approximate surface area is 199 Å². The predicted octanol–water partition coefficient (Wildman–Crippen LogP) is 1.94. The Morgan fingerprint density at radius 1 is 0.882 bits per heavy atom. The van der Waals surface area contributed by atoms with Gasteiger partial charge in [-0.2, -0.15) is 4.31 Å². The number of ether oxygens (including phenoxy) is 2. The largest absolute Gasteiger partial charge is 0.486 e. The summed E-state index contributed by atoms with van der Waals surface area (Å²) in [6.45, 7) is 1.59. The number of carbonyl (C=O) groups is 1. The Hall–Kier alpha value is -2.67. The number of nitrogens with zero attached hydrogens (tertiary/aromatic N) is 1. The highest BCUT2D eigenvalue weighted by Gasteiger charge is 2.26. The Balaban J connectivity index is 1.33. The number of piperidine rings is 1. The van der Waals surface area contributed by atoms with E-state index in [0.717, 1.165) is 19.3 Å². The fourth-order valence-corrected chi connectivity index (χ4v) is 6.40. The third kappa shape index (κ3) is 5.69. The zero-order valence-corrected chi connectivity index (χ0v) is 20.2. The highest BCUT2D eigenvalue weighted by molar-refractivity contribution is 7.89. The minimum atomic E-state index is -3.85. The first-order valence-corrected chi connectivity index (χ1v) is 14.0. The number of rotatable bonds is 8. The lowest BCUT2D eigenvalue weighted by molar-refractivity contribution is -0.116. The summed E-state index contributed by atoms with van der Waals surface area (Å²) >= 11 is 0. The molecule has 34 heavy (non-hydrogen) atoms. The van der Waals surface area contributed by atoms with E-state index in [2.05, 4.69) is 10.0 Å². The van der Waals surface area contributed by atoms with Gasteiger partial charge in [0.05, 0.1) is 9.79 Å². The van der Waals surface area contributed by atoms with Gasteiger partial charge in [0.25, 0.3) is 0 Å². The first-order valence-electron chi connectivity index (χ1n) is 11.1. The first kappa shape index (κ1) is 24.5. The van der Waals surface area contributed by atoms with Crippen LogP contribution in [0.5, 0.6) is 11.5 Å². The molecule has 2 aromatic rings. The second-order valence-electron chi connectivity index (χ2n) is 7.99. The van der Waals surface area contributed by atoms with Crippen LogP contribution in [0.2, 0.25) is 0 Å². The Kier molecular flexibility index (Phi) is 7.41. The van der Waals surface area contributed by atoms with E-state index < -0.39 is 26.0 Å². The van der Waals surface area contributed by atoms with Gasteiger partial charge < -0.3 is 14.8 Å². The second-order valence-corrected chi connectivity index (χ2v) is 11.7. The van der Waals surface area contributed by atoms with Gasteiger partial charge in [0.15, 0.2) is 11.5 Å². The molecule has 2 N–H and O–H groups in total. The average Bonchev–Trinajstić information content (AvgIpc) is 2.84. The van der Waals surface area contributed by atoms with Crippen LogP contribution in [0, 0.1) is 0 Å². The van der Waals surface area contributed by atoms with Crippen LogP contribution in [-0.2, 0) is 24.8 Å². The van der Waals surface area contributed by atoms with Crippen molar-refractivity contribution >= 4 is 31.6 Å². The maximum Gasteiger partial charge on any atom is 0.243 e. The Bertz CT molecular complexity index is 1260. The molecule has 1 saturated heterocycles. The van der Waals surface area contributed by atoms with Gasteiger partial charge in [-0.3, -0.25) is 4.79 Å². The zero-order valence-electron chi connectivity index (χ0n) is 18.5. The summed E-state index contributed by atoms with van der Waals surface area (Å²) in [6, 6.07) is 10.4. The van der Waals surface area contributed by atoms with Gasteiger partial charge in [0, 0.05) is 37.8 Å². The molecule has 0 unspecified atom stereocenters. The van der Waals surface area contributed by atoms with Crippen LogP contribution < -0.4 is 19.5 Å². The maximum absolute atomic E-state index is 12.9. The summed E-state index contributed by atoms with van der Waals surface area (Å²) in [5.41, 5.74) is 0.331. The predicted molar refractivity (Wildman–Crippen MR) is 125 cm³/mol. The molecule has 0 aliphatic carbocycles. The minimum Gasteiger partial charge on any atom is -0.486 e. The minimum absolute atomic E-state index is 0.00720. The van der Waals surface area contributed by atoms with Crippen LogP contribution in [0.3, 0.4) is 0 Å². The lowest BCUT2D eigenvalue weighted by Crippen LogP contribution is -2.35. The van der Waals surface area contributed by atoms with Crippen molar-refractivity contribution < 1.29 is 31.1 Å². The van der Waals surface area contributed by atoms with Crippen molar-refractivity contribution in [2.45, 2.75) is 35.5 Å². The van der Waals surface area contributed by atoms with Crippen LogP contribution in [0.25, 0.3) is 0 Å². The van der Waals surface area contributed by atoms with Crippen molar-refractivity contribution in [3.05, 3.63) is 42.5 Å². The van der Waals surface area contributed by atoms with Crippen molar-refractivity contribution in [3.8, 4) is 11.5 Å². The number of amides is 1. The number of benzene rings is 2. The van der Waals surface area contributed by atoms with Crippen molar-refractivity contribution in [2.75, 3.05) is 38.2 Å². The zero-order chi connectivity index (χ0) is 24.2. The standard InChI is InChI=1S/C22H27N3O7S2/c26-22(9-10-23-33(27,28)18-7-8-20-21(16-18)32-14-13-31-20)24-17-5-4-6-19(15-17)34(29,30)25-11-2-1-3-12-25/h4-8,15-16,23H,1-3,9-14H2,(H,24,26). The van der Waals surface area contributed by atoms with Crippen LogP contribution in [-0.4, -0.2) is 59.9 Å². The van der Waals surface area contributed by atoms with Gasteiger partial charge >= 0.3 is 0 Å². The monoisotopic (exact) mass is 509 g/mol. The van der Waals surface area contributed by atoms with Crippen molar-refractivity contribution in [3.63, 3.8) is 0 Å². The number of fused-ring (bicyclic) bond motifs is 1. The Morgan fingerprint density at radius 3 is 2.38 bits per heavy atom. The highest BCUT2D eigenvalue weighted by Crippen LogP contribution is 2.32. The molecule has 2 aromatic carbocycles. The van der Waals surface area contributed by atoms with E-state index in [1.165, 1.54) is 34.6 Å². The van der Waals surface area contributed by atoms with Crippen LogP contribution in [0.4, 0.5) is 5.69 Å². The van der Waals surface area contributed by atoms with Crippen LogP contribution in [0.15, 0.2) is 52.3 Å². The molecule has 0 radical (unpaired) electrons. The number of nitrogens with one attached hydrogen (secondary N) is 2. The molecule has 0 bridgehead atoms. The molecule has 2 heterocycles. The van der Waals surface area contributed by atoms with Gasteiger partial charge in [-0.15, -0.1) is 0 Å². The van der Waals surface area contributed by atoms with Crippen LogP contribution in [0.1, 0.15) is 25.7 Å². The van der Waals surface area contributed by atoms with Gasteiger partial charge in [0.1, 0.15) is 13.2 Å². The lowest BCUT2D eigenvalue weighted by Gasteiger charge is -2.26. The second kappa shape index (κ2) is 10.3. The number of hydrogen-bond acceptors (Lipinski definition) is 7. The third-order valence-corrected chi connectivity index (χ3v) is 8.89. The fraction of sp³-hybridized carbons (Fsp3) is 0.409. The molecule has 0 aromatic heterocycles. The molecule has 4 rings (SSSR count). The molecule has 0 saturated carbocycles. The first-order chi connectivity index (χ1) is 16.3. The molecule has 12 heteroatoms. The molecule has 2 aliphatic rings. The molecule has 10 nitrogen and oxygen atoms in total. The number of anilines is 1. The van der Waals surface area contributed by atoms with Crippen LogP contribution >= 0.6 is 0 Å². The maximum atomic E-state index is 12.9. The normalized spacial score (nSPS) is 16.7. The molecular weight excluding hydrogens is 482 g/mol. The molecule has 0 spiro atoms. The fourth-order valence-electron chi connectivity index (χ4n) is 3.79. The smallest absolute Gasteiger partial charge is 0.243 e. The van der Waals surface area contributed by atoms with Crippen molar-refractivity contribution in [2.24, 2.45) is 0 Å². The van der Waals surface area contributed by atoms with Crippen molar-refractivity contribution in [1.82, 2.24) is 9.03 Å². The quantitative estimate of drug-likeness (QED) is 0.556. The van der Waals surface area contributed by atoms with Gasteiger partial charge in [-0.1, -0.05) is 12.5 Å². The molecule has 2 aliphatic heterocycles. The van der Waals surface area contributed by atoms with E-state index in [1.54, 1.807) is 12.1 Å². The van der Waals surface area contributed by atoms with Gasteiger partial charge in [0.2, 0.25) is 26.0 Å². The van der Waals surface area contributed by atoms with E-state index in [1.807, 2.05) is 0 Å². The van der Waals surface area contributed by atoms with E-state index in [9.17, 15) is 21.6 Å². The molecule has 0 atom stereocenters. The molecule has 1 amide bonds. The average molecular weight is 510 g/mol. The van der Waals surface area contributed by atoms with E-state index >= 15 is 0 Å². The number of sulfonamides is 2. The third-order valence-electron chi connectivity index (χ3n) is 5.54. The number of carbonyl (C=O) groups excluding carboxylic acids is 1. The molecule has 1 fully saturated rings. The Morgan fingerprint density at radius 2 is 1.62 bits per heavy atom. The summed E-state index contributed by atoms with van der Waals surface area (Å²) in [7, 11) is -7.47. The summed E-state index contributed by atoms with van der Waals surface area (Å²) < 4.78 is 65.5. The molecule has 184 valence electrons. The molecular formula is C22H27N3O7S2.